The first kappa shape index (κ1) is 67.3. The molecule has 4 heteroatoms. The van der Waals surface area contributed by atoms with Crippen LogP contribution in [0.2, 0.25) is 0 Å². The van der Waals surface area contributed by atoms with Crippen LogP contribution in [-0.2, 0) is 4.79 Å². The molecule has 0 aromatic heterocycles. The summed E-state index contributed by atoms with van der Waals surface area (Å²) in [4.78, 5) is 12.5. The number of carbonyl (C=O) groups excluding carboxylic acids is 1. The van der Waals surface area contributed by atoms with Crippen LogP contribution in [0, 0.1) is 0 Å². The highest BCUT2D eigenvalue weighted by molar-refractivity contribution is 5.76. The molecular formula is C65H123NO3. The van der Waals surface area contributed by atoms with Gasteiger partial charge in [-0.15, -0.1) is 0 Å². The molecule has 0 heterocycles. The smallest absolute Gasteiger partial charge is 0.220 e. The number of nitrogens with one attached hydrogen (secondary N) is 1. The van der Waals surface area contributed by atoms with E-state index in [-0.39, 0.29) is 12.5 Å². The Morgan fingerprint density at radius 1 is 0.333 bits per heavy atom. The van der Waals surface area contributed by atoms with E-state index in [0.717, 1.165) is 38.5 Å². The zero-order valence-electron chi connectivity index (χ0n) is 46.8. The molecule has 0 saturated carbocycles. The SMILES string of the molecule is CCCCCCCCCC/C=C/CC/C=C/CC/C=C/C(O)C(CO)NC(=O)CCCCCCCCCCCCCCCCCCC/C=C\CCCCCCCCCCCCCCCCCCCC. The van der Waals surface area contributed by atoms with Gasteiger partial charge in [0.2, 0.25) is 5.91 Å². The maximum absolute atomic E-state index is 12.5. The molecule has 4 nitrogen and oxygen atoms in total. The second kappa shape index (κ2) is 60.7. The first-order valence-corrected chi connectivity index (χ1v) is 31.4. The van der Waals surface area contributed by atoms with E-state index < -0.39 is 12.1 Å². The second-order valence-electron chi connectivity index (χ2n) is 21.5. The molecule has 0 spiro atoms. The largest absolute Gasteiger partial charge is 0.394 e. The average molecular weight is 967 g/mol. The number of rotatable bonds is 58. The summed E-state index contributed by atoms with van der Waals surface area (Å²) in [5, 5.41) is 23.1. The van der Waals surface area contributed by atoms with E-state index in [2.05, 4.69) is 55.6 Å². The van der Waals surface area contributed by atoms with Gasteiger partial charge in [0.05, 0.1) is 18.8 Å². The lowest BCUT2D eigenvalue weighted by Crippen LogP contribution is -2.45. The van der Waals surface area contributed by atoms with Crippen LogP contribution in [0.5, 0.6) is 0 Å². The van der Waals surface area contributed by atoms with Crippen LogP contribution in [-0.4, -0.2) is 34.9 Å². The predicted molar refractivity (Wildman–Crippen MR) is 308 cm³/mol. The van der Waals surface area contributed by atoms with Gasteiger partial charge in [0.1, 0.15) is 0 Å². The summed E-state index contributed by atoms with van der Waals surface area (Å²) in [5.74, 6) is -0.0736. The molecule has 69 heavy (non-hydrogen) atoms. The minimum atomic E-state index is -0.870. The van der Waals surface area contributed by atoms with Crippen LogP contribution in [0.3, 0.4) is 0 Å². The molecule has 0 saturated heterocycles. The molecule has 2 atom stereocenters. The Morgan fingerprint density at radius 3 is 0.841 bits per heavy atom. The van der Waals surface area contributed by atoms with E-state index >= 15 is 0 Å². The van der Waals surface area contributed by atoms with Crippen molar-refractivity contribution in [2.75, 3.05) is 6.61 Å². The molecule has 0 rings (SSSR count). The number of aliphatic hydroxyl groups excluding tert-OH is 2. The molecule has 1 amide bonds. The fourth-order valence-electron chi connectivity index (χ4n) is 9.74. The lowest BCUT2D eigenvalue weighted by Gasteiger charge is -2.19. The minimum Gasteiger partial charge on any atom is -0.394 e. The first-order valence-electron chi connectivity index (χ1n) is 31.4. The van der Waals surface area contributed by atoms with Gasteiger partial charge in [-0.3, -0.25) is 4.79 Å². The molecule has 0 aliphatic rings. The number of unbranched alkanes of at least 4 members (excludes halogenated alkanes) is 45. The average Bonchev–Trinajstić information content (AvgIpc) is 3.35. The lowest BCUT2D eigenvalue weighted by molar-refractivity contribution is -0.123. The predicted octanol–water partition coefficient (Wildman–Crippen LogP) is 21.0. The molecule has 0 aliphatic heterocycles. The molecule has 0 fully saturated rings. The maximum Gasteiger partial charge on any atom is 0.220 e. The van der Waals surface area contributed by atoms with E-state index in [0.29, 0.717) is 6.42 Å². The van der Waals surface area contributed by atoms with E-state index in [1.165, 1.54) is 283 Å². The molecule has 0 aliphatic carbocycles. The van der Waals surface area contributed by atoms with Crippen molar-refractivity contribution in [1.29, 1.82) is 0 Å². The van der Waals surface area contributed by atoms with E-state index in [9.17, 15) is 15.0 Å². The summed E-state index contributed by atoms with van der Waals surface area (Å²) in [6.45, 7) is 4.32. The molecule has 0 radical (unpaired) electrons. The number of allylic oxidation sites excluding steroid dienone is 7. The van der Waals surface area contributed by atoms with Crippen LogP contribution < -0.4 is 5.32 Å². The third-order valence-corrected chi connectivity index (χ3v) is 14.5. The quantitative estimate of drug-likeness (QED) is 0.0420. The third kappa shape index (κ3) is 57.1. The van der Waals surface area contributed by atoms with Gasteiger partial charge >= 0.3 is 0 Å². The summed E-state index contributed by atoms with van der Waals surface area (Å²) in [6.07, 6.45) is 84.6. The Hall–Kier alpha value is -1.65. The van der Waals surface area contributed by atoms with Gasteiger partial charge in [0, 0.05) is 6.42 Å². The van der Waals surface area contributed by atoms with Gasteiger partial charge in [-0.05, 0) is 70.6 Å². The molecule has 0 aromatic carbocycles. The molecular weight excluding hydrogens is 843 g/mol. The fraction of sp³-hybridized carbons (Fsp3) is 0.862. The summed E-state index contributed by atoms with van der Waals surface area (Å²) < 4.78 is 0. The number of hydrogen-bond acceptors (Lipinski definition) is 3. The van der Waals surface area contributed by atoms with Crippen LogP contribution in [0.25, 0.3) is 0 Å². The van der Waals surface area contributed by atoms with Crippen LogP contribution in [0.1, 0.15) is 341 Å². The third-order valence-electron chi connectivity index (χ3n) is 14.5. The summed E-state index contributed by atoms with van der Waals surface area (Å²) in [5.41, 5.74) is 0. The fourth-order valence-corrected chi connectivity index (χ4v) is 9.74. The topological polar surface area (TPSA) is 69.6 Å². The Balaban J connectivity index is 3.43. The summed E-state index contributed by atoms with van der Waals surface area (Å²) in [6, 6.07) is -0.646. The van der Waals surface area contributed by atoms with Crippen LogP contribution in [0.4, 0.5) is 0 Å². The second-order valence-corrected chi connectivity index (χ2v) is 21.5. The van der Waals surface area contributed by atoms with Gasteiger partial charge in [-0.1, -0.05) is 313 Å². The van der Waals surface area contributed by atoms with Crippen molar-refractivity contribution in [2.45, 2.75) is 353 Å². The number of hydrogen-bond donors (Lipinski definition) is 3. The Morgan fingerprint density at radius 2 is 0.565 bits per heavy atom. The highest BCUT2D eigenvalue weighted by atomic mass is 16.3. The standard InChI is InChI=1S/C65H123NO3/c1-3-5-7-9-11-13-15-17-19-21-23-24-25-26-27-28-29-30-31-32-33-34-35-36-37-38-39-40-41-42-43-45-47-49-51-53-55-57-59-61-65(69)66-63(62-67)64(68)60-58-56-54-52-50-48-46-44-22-20-18-16-14-12-10-8-6-4-2/h22,32-33,44,50,52,58,60,63-64,67-68H,3-21,23-31,34-43,45-49,51,53-57,59,61-62H2,1-2H3,(H,66,69)/b33-32-,44-22+,52-50+,60-58+. The van der Waals surface area contributed by atoms with Gasteiger partial charge in [-0.25, -0.2) is 0 Å². The highest BCUT2D eigenvalue weighted by Crippen LogP contribution is 2.18. The van der Waals surface area contributed by atoms with Gasteiger partial charge in [-0.2, -0.15) is 0 Å². The number of amides is 1. The first-order chi connectivity index (χ1) is 34.2. The molecule has 2 unspecified atom stereocenters. The monoisotopic (exact) mass is 966 g/mol. The van der Waals surface area contributed by atoms with Crippen LogP contribution >= 0.6 is 0 Å². The van der Waals surface area contributed by atoms with Crippen molar-refractivity contribution >= 4 is 5.91 Å². The molecule has 0 aromatic rings. The molecule has 406 valence electrons. The van der Waals surface area contributed by atoms with Crippen molar-refractivity contribution in [2.24, 2.45) is 0 Å². The zero-order chi connectivity index (χ0) is 49.9. The van der Waals surface area contributed by atoms with Crippen molar-refractivity contribution in [3.05, 3.63) is 48.6 Å². The van der Waals surface area contributed by atoms with E-state index in [1.807, 2.05) is 6.08 Å². The van der Waals surface area contributed by atoms with E-state index in [4.69, 9.17) is 0 Å². The number of carbonyl (C=O) groups is 1. The minimum absolute atomic E-state index is 0.0736. The Labute approximate surface area is 433 Å². The van der Waals surface area contributed by atoms with Crippen molar-refractivity contribution in [3.63, 3.8) is 0 Å². The van der Waals surface area contributed by atoms with Gasteiger partial charge in [0.15, 0.2) is 0 Å². The van der Waals surface area contributed by atoms with Gasteiger partial charge < -0.3 is 15.5 Å². The maximum atomic E-state index is 12.5. The van der Waals surface area contributed by atoms with E-state index in [1.54, 1.807) is 6.08 Å². The summed E-state index contributed by atoms with van der Waals surface area (Å²) in [7, 11) is 0. The van der Waals surface area contributed by atoms with Crippen molar-refractivity contribution in [3.8, 4) is 0 Å². The Bertz CT molecular complexity index is 1090. The van der Waals surface area contributed by atoms with Crippen LogP contribution in [0.15, 0.2) is 48.6 Å². The number of aliphatic hydroxyl groups is 2. The normalized spacial score (nSPS) is 13.0. The summed E-state index contributed by atoms with van der Waals surface area (Å²) >= 11 is 0. The lowest BCUT2D eigenvalue weighted by atomic mass is 10.0. The van der Waals surface area contributed by atoms with Crippen molar-refractivity contribution < 1.29 is 15.0 Å². The zero-order valence-corrected chi connectivity index (χ0v) is 46.8. The molecule has 3 N–H and O–H groups in total. The Kier molecular flexibility index (Phi) is 59.2. The van der Waals surface area contributed by atoms with Gasteiger partial charge in [0.25, 0.3) is 0 Å². The van der Waals surface area contributed by atoms with Crippen molar-refractivity contribution in [1.82, 2.24) is 5.32 Å². The molecule has 0 bridgehead atoms. The highest BCUT2D eigenvalue weighted by Gasteiger charge is 2.18.